The van der Waals surface area contributed by atoms with Crippen LogP contribution in [0.2, 0.25) is 5.02 Å². The van der Waals surface area contributed by atoms with Gasteiger partial charge in [-0.2, -0.15) is 5.10 Å². The molecule has 0 N–H and O–H groups in total. The van der Waals surface area contributed by atoms with Crippen molar-refractivity contribution >= 4 is 28.6 Å². The molecule has 0 spiro atoms. The van der Waals surface area contributed by atoms with E-state index in [0.717, 1.165) is 34.1 Å². The fraction of sp³-hybridized carbons (Fsp3) is 0.167. The maximum absolute atomic E-state index is 6.25. The summed E-state index contributed by atoms with van der Waals surface area (Å²) < 4.78 is 11.8. The van der Waals surface area contributed by atoms with E-state index in [1.165, 1.54) is 0 Å². The lowest BCUT2D eigenvalue weighted by atomic mass is 9.98. The maximum atomic E-state index is 6.25. The quantitative estimate of drug-likeness (QED) is 0.630. The Hall–Kier alpha value is -2.24. The van der Waals surface area contributed by atoms with Gasteiger partial charge in [0, 0.05) is 17.0 Å². The van der Waals surface area contributed by atoms with Gasteiger partial charge in [0.05, 0.1) is 17.2 Å². The SMILES string of the molecule is Clc1ccc2c(c1)[C@H]1CC(c3ccco3)=NN1[C@H](c1cccs1)O2. The van der Waals surface area contributed by atoms with Crippen LogP contribution < -0.4 is 4.74 Å². The predicted molar refractivity (Wildman–Crippen MR) is 93.6 cm³/mol. The van der Waals surface area contributed by atoms with E-state index in [1.807, 2.05) is 41.4 Å². The van der Waals surface area contributed by atoms with Crippen LogP contribution in [0.5, 0.6) is 5.75 Å². The molecule has 0 saturated heterocycles. The van der Waals surface area contributed by atoms with Gasteiger partial charge in [0.15, 0.2) is 0 Å². The molecular weight excluding hydrogens is 344 g/mol. The van der Waals surface area contributed by atoms with Crippen LogP contribution in [0.15, 0.2) is 63.6 Å². The van der Waals surface area contributed by atoms with E-state index < -0.39 is 0 Å². The number of halogens is 1. The zero-order valence-electron chi connectivity index (χ0n) is 12.6. The van der Waals surface area contributed by atoms with E-state index >= 15 is 0 Å². The van der Waals surface area contributed by atoms with Crippen LogP contribution in [-0.2, 0) is 0 Å². The molecule has 6 heteroatoms. The third-order valence-corrected chi connectivity index (χ3v) is 5.48. The fourth-order valence-corrected chi connectivity index (χ4v) is 4.19. The van der Waals surface area contributed by atoms with Crippen LogP contribution in [-0.4, -0.2) is 10.7 Å². The van der Waals surface area contributed by atoms with Crippen molar-refractivity contribution < 1.29 is 9.15 Å². The molecule has 0 radical (unpaired) electrons. The lowest BCUT2D eigenvalue weighted by Gasteiger charge is -2.37. The van der Waals surface area contributed by atoms with Crippen molar-refractivity contribution in [2.45, 2.75) is 18.7 Å². The van der Waals surface area contributed by atoms with Crippen LogP contribution >= 0.6 is 22.9 Å². The van der Waals surface area contributed by atoms with E-state index in [4.69, 9.17) is 25.9 Å². The topological polar surface area (TPSA) is 38.0 Å². The maximum Gasteiger partial charge on any atom is 0.222 e. The summed E-state index contributed by atoms with van der Waals surface area (Å²) in [4.78, 5) is 1.13. The molecule has 3 aromatic rings. The number of hydrazone groups is 1. The number of rotatable bonds is 2. The van der Waals surface area contributed by atoms with E-state index in [1.54, 1.807) is 17.6 Å². The molecule has 0 unspecified atom stereocenters. The molecule has 120 valence electrons. The molecule has 0 saturated carbocycles. The highest BCUT2D eigenvalue weighted by Crippen LogP contribution is 2.48. The van der Waals surface area contributed by atoms with E-state index in [9.17, 15) is 0 Å². The van der Waals surface area contributed by atoms with Crippen molar-refractivity contribution in [3.05, 3.63) is 75.3 Å². The lowest BCUT2D eigenvalue weighted by Crippen LogP contribution is -2.33. The summed E-state index contributed by atoms with van der Waals surface area (Å²) in [5.74, 6) is 1.67. The first-order valence-corrected chi connectivity index (χ1v) is 8.94. The number of furan rings is 1. The number of benzene rings is 1. The minimum Gasteiger partial charge on any atom is -0.464 e. The Bertz CT molecular complexity index is 905. The second-order valence-corrected chi connectivity index (χ2v) is 7.21. The van der Waals surface area contributed by atoms with Gasteiger partial charge in [-0.3, -0.25) is 0 Å². The van der Waals surface area contributed by atoms with E-state index in [0.29, 0.717) is 5.02 Å². The third-order valence-electron chi connectivity index (χ3n) is 4.34. The summed E-state index contributed by atoms with van der Waals surface area (Å²) in [6.07, 6.45) is 2.22. The monoisotopic (exact) mass is 356 g/mol. The number of fused-ring (bicyclic) bond motifs is 3. The summed E-state index contributed by atoms with van der Waals surface area (Å²) in [6.45, 7) is 0. The normalized spacial score (nSPS) is 21.9. The Morgan fingerprint density at radius 3 is 2.96 bits per heavy atom. The Balaban J connectivity index is 1.62. The number of ether oxygens (including phenoxy) is 1. The average Bonchev–Trinajstić information content (AvgIpc) is 3.33. The molecule has 0 aliphatic carbocycles. The van der Waals surface area contributed by atoms with Gasteiger partial charge in [-0.1, -0.05) is 17.7 Å². The van der Waals surface area contributed by atoms with Gasteiger partial charge in [0.1, 0.15) is 17.2 Å². The summed E-state index contributed by atoms with van der Waals surface area (Å²) in [5, 5.41) is 9.60. The van der Waals surface area contributed by atoms with Crippen molar-refractivity contribution in [1.29, 1.82) is 0 Å². The molecule has 4 heterocycles. The first-order valence-electron chi connectivity index (χ1n) is 7.69. The van der Waals surface area contributed by atoms with Crippen LogP contribution in [0.1, 0.15) is 34.9 Å². The molecule has 2 aliphatic rings. The van der Waals surface area contributed by atoms with Crippen molar-refractivity contribution in [2.75, 3.05) is 0 Å². The molecule has 2 atom stereocenters. The molecule has 2 aliphatic heterocycles. The second-order valence-electron chi connectivity index (χ2n) is 5.79. The zero-order chi connectivity index (χ0) is 16.1. The van der Waals surface area contributed by atoms with Crippen LogP contribution in [0, 0.1) is 0 Å². The average molecular weight is 357 g/mol. The van der Waals surface area contributed by atoms with Crippen LogP contribution in [0.3, 0.4) is 0 Å². The van der Waals surface area contributed by atoms with Crippen molar-refractivity contribution in [1.82, 2.24) is 5.01 Å². The number of nitrogens with zero attached hydrogens (tertiary/aromatic N) is 2. The summed E-state index contributed by atoms with van der Waals surface area (Å²) in [6, 6.07) is 13.8. The van der Waals surface area contributed by atoms with Gasteiger partial charge in [-0.25, -0.2) is 5.01 Å². The molecule has 2 aromatic heterocycles. The largest absolute Gasteiger partial charge is 0.464 e. The van der Waals surface area contributed by atoms with Crippen molar-refractivity contribution in [3.8, 4) is 5.75 Å². The van der Waals surface area contributed by atoms with Gasteiger partial charge < -0.3 is 9.15 Å². The van der Waals surface area contributed by atoms with E-state index in [2.05, 4.69) is 11.4 Å². The molecular formula is C18H13ClN2O2S. The van der Waals surface area contributed by atoms with Gasteiger partial charge in [0.2, 0.25) is 6.23 Å². The summed E-state index contributed by atoms with van der Waals surface area (Å²) >= 11 is 7.88. The molecule has 0 bridgehead atoms. The number of thiophene rings is 1. The molecule has 0 fully saturated rings. The molecule has 5 rings (SSSR count). The predicted octanol–water partition coefficient (Wildman–Crippen LogP) is 5.24. The van der Waals surface area contributed by atoms with Gasteiger partial charge in [0.25, 0.3) is 0 Å². The van der Waals surface area contributed by atoms with Crippen molar-refractivity contribution in [3.63, 3.8) is 0 Å². The lowest BCUT2D eigenvalue weighted by molar-refractivity contribution is -0.0165. The molecule has 1 aromatic carbocycles. The summed E-state index contributed by atoms with van der Waals surface area (Å²) in [5.41, 5.74) is 2.00. The third kappa shape index (κ3) is 2.16. The Morgan fingerprint density at radius 2 is 2.17 bits per heavy atom. The van der Waals surface area contributed by atoms with E-state index in [-0.39, 0.29) is 12.3 Å². The highest BCUT2D eigenvalue weighted by molar-refractivity contribution is 7.10. The summed E-state index contributed by atoms with van der Waals surface area (Å²) in [7, 11) is 0. The Kier molecular flexibility index (Phi) is 3.18. The van der Waals surface area contributed by atoms with Crippen molar-refractivity contribution in [2.24, 2.45) is 5.10 Å². The van der Waals surface area contributed by atoms with Gasteiger partial charge in [-0.15, -0.1) is 11.3 Å². The Labute approximate surface area is 147 Å². The van der Waals surface area contributed by atoms with Gasteiger partial charge in [-0.05, 0) is 41.8 Å². The number of hydrogen-bond acceptors (Lipinski definition) is 5. The van der Waals surface area contributed by atoms with Crippen LogP contribution in [0.25, 0.3) is 0 Å². The smallest absolute Gasteiger partial charge is 0.222 e. The second kappa shape index (κ2) is 5.40. The molecule has 24 heavy (non-hydrogen) atoms. The molecule has 0 amide bonds. The van der Waals surface area contributed by atoms with Gasteiger partial charge >= 0.3 is 0 Å². The minimum absolute atomic E-state index is 0.0969. The van der Waals surface area contributed by atoms with Crippen LogP contribution in [0.4, 0.5) is 0 Å². The first-order chi connectivity index (χ1) is 11.8. The standard InChI is InChI=1S/C18H13ClN2O2S/c19-11-5-6-15-12(9-11)14-10-13(16-3-1-7-22-16)20-21(14)18(23-15)17-4-2-8-24-17/h1-9,14,18H,10H2/t14-,18+/m1/s1. The zero-order valence-corrected chi connectivity index (χ0v) is 14.1. The fourth-order valence-electron chi connectivity index (χ4n) is 3.27. The number of hydrogen-bond donors (Lipinski definition) is 0. The minimum atomic E-state index is -0.226. The highest BCUT2D eigenvalue weighted by atomic mass is 35.5. The highest BCUT2D eigenvalue weighted by Gasteiger charge is 2.41. The molecule has 4 nitrogen and oxygen atoms in total. The Morgan fingerprint density at radius 1 is 1.21 bits per heavy atom. The first kappa shape index (κ1) is 14.1.